The van der Waals surface area contributed by atoms with Gasteiger partial charge >= 0.3 is 0 Å². The fourth-order valence-corrected chi connectivity index (χ4v) is 2.82. The van der Waals surface area contributed by atoms with E-state index in [2.05, 4.69) is 20.5 Å². The molecular weight excluding hydrogens is 303 g/mol. The van der Waals surface area contributed by atoms with Crippen molar-refractivity contribution in [3.8, 4) is 5.75 Å². The van der Waals surface area contributed by atoms with Crippen molar-refractivity contribution in [1.29, 1.82) is 0 Å². The number of hydrogen-bond acceptors (Lipinski definition) is 5. The van der Waals surface area contributed by atoms with Crippen molar-refractivity contribution in [1.82, 2.24) is 20.5 Å². The molecule has 2 aromatic rings. The van der Waals surface area contributed by atoms with E-state index in [9.17, 15) is 14.3 Å². The molecule has 0 bridgehead atoms. The minimum absolute atomic E-state index is 0.00688. The fourth-order valence-electron chi connectivity index (χ4n) is 2.82. The third-order valence-corrected chi connectivity index (χ3v) is 4.06. The molecule has 1 aliphatic carbocycles. The van der Waals surface area contributed by atoms with Gasteiger partial charge in [-0.25, -0.2) is 9.37 Å². The molecule has 0 unspecified atom stereocenters. The summed E-state index contributed by atoms with van der Waals surface area (Å²) in [6.45, 7) is 0. The van der Waals surface area contributed by atoms with E-state index in [0.717, 1.165) is 0 Å². The molecule has 0 saturated heterocycles. The molecule has 1 heterocycles. The van der Waals surface area contributed by atoms with Crippen molar-refractivity contribution in [2.45, 2.75) is 25.0 Å². The summed E-state index contributed by atoms with van der Waals surface area (Å²) in [5.74, 6) is -0.312. The molecule has 0 aliphatic heterocycles. The van der Waals surface area contributed by atoms with Crippen LogP contribution in [-0.2, 0) is 0 Å². The van der Waals surface area contributed by atoms with Crippen molar-refractivity contribution in [3.63, 3.8) is 0 Å². The van der Waals surface area contributed by atoms with E-state index in [1.807, 2.05) is 0 Å². The topological polar surface area (TPSA) is 100 Å². The van der Waals surface area contributed by atoms with E-state index in [4.69, 9.17) is 4.74 Å². The highest BCUT2D eigenvalue weighted by Gasteiger charge is 2.37. The number of carbonyl (C=O) groups is 1. The van der Waals surface area contributed by atoms with Crippen LogP contribution >= 0.6 is 0 Å². The number of aromatic nitrogens is 3. The summed E-state index contributed by atoms with van der Waals surface area (Å²) < 4.78 is 19.0. The SMILES string of the molecule is COc1ccc(F)cc1[C@@H](NC(=O)c1ncn[nH]1)C1CC(O)C1. The van der Waals surface area contributed by atoms with Gasteiger partial charge in [-0.2, -0.15) is 5.10 Å². The summed E-state index contributed by atoms with van der Waals surface area (Å²) >= 11 is 0. The summed E-state index contributed by atoms with van der Waals surface area (Å²) in [6.07, 6.45) is 1.89. The molecule has 1 amide bonds. The Balaban J connectivity index is 1.90. The number of hydrogen-bond donors (Lipinski definition) is 3. The standard InChI is InChI=1S/C15H17FN4O3/c1-23-12-3-2-9(16)6-11(12)13(8-4-10(21)5-8)19-15(22)14-17-7-18-20-14/h2-3,6-8,10,13,21H,4-5H2,1H3,(H,19,22)(H,17,18,20)/t8?,10?,13-/m0/s1. The van der Waals surface area contributed by atoms with Crippen LogP contribution in [0, 0.1) is 11.7 Å². The predicted octanol–water partition coefficient (Wildman–Crippen LogP) is 1.19. The Kier molecular flexibility index (Phi) is 4.24. The minimum Gasteiger partial charge on any atom is -0.496 e. The molecule has 7 nitrogen and oxygen atoms in total. The molecule has 122 valence electrons. The number of amides is 1. The number of carbonyl (C=O) groups excluding carboxylic acids is 1. The van der Waals surface area contributed by atoms with Crippen molar-refractivity contribution < 1.29 is 19.0 Å². The highest BCUT2D eigenvalue weighted by molar-refractivity contribution is 5.90. The first kappa shape index (κ1) is 15.4. The minimum atomic E-state index is -0.485. The van der Waals surface area contributed by atoms with E-state index >= 15 is 0 Å². The van der Waals surface area contributed by atoms with Crippen LogP contribution < -0.4 is 10.1 Å². The molecule has 1 atom stereocenters. The molecule has 1 aromatic carbocycles. The van der Waals surface area contributed by atoms with E-state index in [1.54, 1.807) is 0 Å². The average molecular weight is 320 g/mol. The lowest BCUT2D eigenvalue weighted by atomic mass is 9.75. The Morgan fingerprint density at radius 3 is 2.91 bits per heavy atom. The quantitative estimate of drug-likeness (QED) is 0.768. The van der Waals surface area contributed by atoms with Gasteiger partial charge in [-0.15, -0.1) is 0 Å². The van der Waals surface area contributed by atoms with Crippen molar-refractivity contribution in [2.24, 2.45) is 5.92 Å². The zero-order valence-corrected chi connectivity index (χ0v) is 12.5. The van der Waals surface area contributed by atoms with Crippen LogP contribution in [0.2, 0.25) is 0 Å². The number of nitrogens with zero attached hydrogens (tertiary/aromatic N) is 2. The zero-order valence-electron chi connectivity index (χ0n) is 12.5. The fraction of sp³-hybridized carbons (Fsp3) is 0.400. The predicted molar refractivity (Wildman–Crippen MR) is 78.3 cm³/mol. The normalized spacial score (nSPS) is 21.3. The van der Waals surface area contributed by atoms with Gasteiger partial charge in [-0.3, -0.25) is 9.89 Å². The molecule has 0 spiro atoms. The van der Waals surface area contributed by atoms with E-state index < -0.39 is 23.9 Å². The van der Waals surface area contributed by atoms with Gasteiger partial charge < -0.3 is 15.2 Å². The maximum absolute atomic E-state index is 13.7. The molecular formula is C15H17FN4O3. The van der Waals surface area contributed by atoms with Gasteiger partial charge in [-0.1, -0.05) is 0 Å². The number of methoxy groups -OCH3 is 1. The number of benzene rings is 1. The van der Waals surface area contributed by atoms with E-state index in [0.29, 0.717) is 24.2 Å². The lowest BCUT2D eigenvalue weighted by Gasteiger charge is -2.38. The molecule has 0 radical (unpaired) electrons. The first-order valence-electron chi connectivity index (χ1n) is 7.26. The summed E-state index contributed by atoms with van der Waals surface area (Å²) in [5, 5.41) is 18.5. The smallest absolute Gasteiger partial charge is 0.289 e. The number of halogens is 1. The summed E-state index contributed by atoms with van der Waals surface area (Å²) in [5.41, 5.74) is 0.539. The third kappa shape index (κ3) is 3.16. The number of aromatic amines is 1. The molecule has 1 fully saturated rings. The third-order valence-electron chi connectivity index (χ3n) is 4.06. The van der Waals surface area contributed by atoms with Gasteiger partial charge in [-0.05, 0) is 37.0 Å². The van der Waals surface area contributed by atoms with Gasteiger partial charge in [0.05, 0.1) is 19.3 Å². The van der Waals surface area contributed by atoms with Crippen LogP contribution in [0.25, 0.3) is 0 Å². The van der Waals surface area contributed by atoms with Gasteiger partial charge in [0.15, 0.2) is 0 Å². The number of ether oxygens (including phenoxy) is 1. The molecule has 1 saturated carbocycles. The Morgan fingerprint density at radius 2 is 2.30 bits per heavy atom. The van der Waals surface area contributed by atoms with Crippen LogP contribution in [0.3, 0.4) is 0 Å². The Hall–Kier alpha value is -2.48. The zero-order chi connectivity index (χ0) is 16.4. The summed E-state index contributed by atoms with van der Waals surface area (Å²) in [4.78, 5) is 16.1. The second kappa shape index (κ2) is 6.33. The Morgan fingerprint density at radius 1 is 1.52 bits per heavy atom. The number of rotatable bonds is 5. The highest BCUT2D eigenvalue weighted by Crippen LogP contribution is 2.41. The Bertz CT molecular complexity index is 686. The number of aliphatic hydroxyl groups excluding tert-OH is 1. The number of aliphatic hydroxyl groups is 1. The second-order valence-electron chi connectivity index (χ2n) is 5.56. The number of nitrogens with one attached hydrogen (secondary N) is 2. The van der Waals surface area contributed by atoms with Crippen molar-refractivity contribution in [3.05, 3.63) is 41.7 Å². The molecule has 8 heteroatoms. The second-order valence-corrected chi connectivity index (χ2v) is 5.56. The molecule has 1 aromatic heterocycles. The largest absolute Gasteiger partial charge is 0.496 e. The first-order chi connectivity index (χ1) is 11.1. The maximum Gasteiger partial charge on any atom is 0.289 e. The van der Waals surface area contributed by atoms with Crippen molar-refractivity contribution >= 4 is 5.91 Å². The molecule has 1 aliphatic rings. The molecule has 23 heavy (non-hydrogen) atoms. The first-order valence-corrected chi connectivity index (χ1v) is 7.26. The average Bonchev–Trinajstić information content (AvgIpc) is 3.04. The van der Waals surface area contributed by atoms with Gasteiger partial charge in [0.25, 0.3) is 5.91 Å². The lowest BCUT2D eigenvalue weighted by Crippen LogP contribution is -2.41. The van der Waals surface area contributed by atoms with Crippen LogP contribution in [0.1, 0.15) is 35.1 Å². The van der Waals surface area contributed by atoms with Crippen LogP contribution in [0.15, 0.2) is 24.5 Å². The van der Waals surface area contributed by atoms with Crippen molar-refractivity contribution in [2.75, 3.05) is 7.11 Å². The summed E-state index contributed by atoms with van der Waals surface area (Å²) in [6, 6.07) is 3.68. The van der Waals surface area contributed by atoms with E-state index in [1.165, 1.54) is 31.6 Å². The maximum atomic E-state index is 13.7. The van der Waals surface area contributed by atoms with Gasteiger partial charge in [0, 0.05) is 5.56 Å². The molecule has 3 N–H and O–H groups in total. The van der Waals surface area contributed by atoms with Gasteiger partial charge in [0.1, 0.15) is 17.9 Å². The lowest BCUT2D eigenvalue weighted by molar-refractivity contribution is 0.0230. The molecule has 3 rings (SSSR count). The monoisotopic (exact) mass is 320 g/mol. The number of H-pyrrole nitrogens is 1. The van der Waals surface area contributed by atoms with Crippen LogP contribution in [0.4, 0.5) is 4.39 Å². The van der Waals surface area contributed by atoms with E-state index in [-0.39, 0.29) is 11.7 Å². The van der Waals surface area contributed by atoms with Crippen LogP contribution in [0.5, 0.6) is 5.75 Å². The van der Waals surface area contributed by atoms with Gasteiger partial charge in [0.2, 0.25) is 5.82 Å². The Labute approximate surface area is 131 Å². The highest BCUT2D eigenvalue weighted by atomic mass is 19.1. The van der Waals surface area contributed by atoms with Crippen LogP contribution in [-0.4, -0.2) is 39.4 Å². The summed E-state index contributed by atoms with van der Waals surface area (Å²) in [7, 11) is 1.49.